The lowest BCUT2D eigenvalue weighted by atomic mass is 10.2. The largest absolute Gasteiger partial charge is 0.378 e. The molecule has 2 heterocycles. The van der Waals surface area contributed by atoms with Crippen LogP contribution in [0.2, 0.25) is 0 Å². The van der Waals surface area contributed by atoms with Gasteiger partial charge < -0.3 is 10.6 Å². The molecule has 0 bridgehead atoms. The Labute approximate surface area is 107 Å². The molecular formula is C14H18N4. The number of hydrogen-bond donors (Lipinski definition) is 2. The Bertz CT molecular complexity index is 486. The van der Waals surface area contributed by atoms with Crippen LogP contribution in [0.15, 0.2) is 42.7 Å². The van der Waals surface area contributed by atoms with Gasteiger partial charge in [0.2, 0.25) is 0 Å². The Morgan fingerprint density at radius 3 is 3.00 bits per heavy atom. The monoisotopic (exact) mass is 242 g/mol. The van der Waals surface area contributed by atoms with Gasteiger partial charge in [-0.05, 0) is 18.5 Å². The number of aromatic nitrogens is 2. The van der Waals surface area contributed by atoms with E-state index in [1.54, 1.807) is 0 Å². The van der Waals surface area contributed by atoms with Crippen LogP contribution in [-0.2, 0) is 6.54 Å². The summed E-state index contributed by atoms with van der Waals surface area (Å²) < 4.78 is 1.97. The lowest BCUT2D eigenvalue weighted by Crippen LogP contribution is -2.21. The van der Waals surface area contributed by atoms with E-state index in [0.717, 1.165) is 25.3 Å². The van der Waals surface area contributed by atoms with Gasteiger partial charge in [-0.1, -0.05) is 30.3 Å². The van der Waals surface area contributed by atoms with Gasteiger partial charge in [-0.15, -0.1) is 0 Å². The van der Waals surface area contributed by atoms with Crippen molar-refractivity contribution in [2.45, 2.75) is 19.0 Å². The Kier molecular flexibility index (Phi) is 3.28. The van der Waals surface area contributed by atoms with Crippen LogP contribution in [0.3, 0.4) is 0 Å². The minimum Gasteiger partial charge on any atom is -0.378 e. The summed E-state index contributed by atoms with van der Waals surface area (Å²) in [5.41, 5.74) is 2.38. The van der Waals surface area contributed by atoms with Crippen molar-refractivity contribution in [2.75, 3.05) is 18.4 Å². The molecule has 1 aliphatic heterocycles. The summed E-state index contributed by atoms with van der Waals surface area (Å²) in [7, 11) is 0. The highest BCUT2D eigenvalue weighted by Crippen LogP contribution is 2.11. The summed E-state index contributed by atoms with van der Waals surface area (Å²) in [4.78, 5) is 0. The molecule has 1 aromatic carbocycles. The van der Waals surface area contributed by atoms with E-state index >= 15 is 0 Å². The average Bonchev–Trinajstić information content (AvgIpc) is 3.03. The van der Waals surface area contributed by atoms with Gasteiger partial charge in [0.1, 0.15) is 0 Å². The maximum atomic E-state index is 4.39. The molecule has 0 spiro atoms. The quantitative estimate of drug-likeness (QED) is 0.857. The molecule has 2 N–H and O–H groups in total. The minimum absolute atomic E-state index is 0.541. The van der Waals surface area contributed by atoms with E-state index in [1.807, 2.05) is 16.9 Å². The number of benzene rings is 1. The van der Waals surface area contributed by atoms with Crippen LogP contribution in [-0.4, -0.2) is 28.9 Å². The second-order valence-corrected chi connectivity index (χ2v) is 4.75. The molecular weight excluding hydrogens is 224 g/mol. The second kappa shape index (κ2) is 5.23. The number of nitrogens with zero attached hydrogens (tertiary/aromatic N) is 2. The highest BCUT2D eigenvalue weighted by molar-refractivity contribution is 5.40. The van der Waals surface area contributed by atoms with Crippen molar-refractivity contribution < 1.29 is 0 Å². The van der Waals surface area contributed by atoms with Crippen molar-refractivity contribution in [3.05, 3.63) is 48.3 Å². The first-order valence-electron chi connectivity index (χ1n) is 6.44. The molecule has 0 saturated carbocycles. The first-order valence-corrected chi connectivity index (χ1v) is 6.44. The summed E-state index contributed by atoms with van der Waals surface area (Å²) in [6.45, 7) is 2.98. The first kappa shape index (κ1) is 11.3. The molecule has 1 fully saturated rings. The molecule has 4 nitrogen and oxygen atoms in total. The lowest BCUT2D eigenvalue weighted by Gasteiger charge is -2.09. The van der Waals surface area contributed by atoms with Crippen molar-refractivity contribution in [3.63, 3.8) is 0 Å². The van der Waals surface area contributed by atoms with Crippen molar-refractivity contribution >= 4 is 5.69 Å². The van der Waals surface area contributed by atoms with E-state index in [1.165, 1.54) is 12.0 Å². The molecule has 2 aromatic rings. The zero-order valence-electron chi connectivity index (χ0n) is 10.3. The molecule has 1 aromatic heterocycles. The Balaban J connectivity index is 1.62. The fourth-order valence-corrected chi connectivity index (χ4v) is 2.31. The predicted octanol–water partition coefficient (Wildman–Crippen LogP) is 1.71. The van der Waals surface area contributed by atoms with Gasteiger partial charge in [-0.25, -0.2) is 0 Å². The van der Waals surface area contributed by atoms with E-state index < -0.39 is 0 Å². The van der Waals surface area contributed by atoms with Crippen molar-refractivity contribution in [1.82, 2.24) is 15.1 Å². The van der Waals surface area contributed by atoms with Crippen molar-refractivity contribution in [3.8, 4) is 0 Å². The van der Waals surface area contributed by atoms with Crippen LogP contribution in [0.5, 0.6) is 0 Å². The van der Waals surface area contributed by atoms with E-state index in [2.05, 4.69) is 46.2 Å². The molecule has 4 heteroatoms. The molecule has 0 aliphatic carbocycles. The zero-order valence-corrected chi connectivity index (χ0v) is 10.3. The molecule has 1 aliphatic rings. The summed E-state index contributed by atoms with van der Waals surface area (Å²) >= 11 is 0. The SMILES string of the molecule is c1ccc(Cn2cc(NC3CCNC3)cn2)cc1. The fourth-order valence-electron chi connectivity index (χ4n) is 2.31. The number of hydrogen-bond acceptors (Lipinski definition) is 3. The number of rotatable bonds is 4. The van der Waals surface area contributed by atoms with E-state index in [4.69, 9.17) is 0 Å². The summed E-state index contributed by atoms with van der Waals surface area (Å²) in [5.74, 6) is 0. The first-order chi connectivity index (χ1) is 8.90. The van der Waals surface area contributed by atoms with Gasteiger partial charge in [0.05, 0.1) is 18.4 Å². The molecule has 0 amide bonds. The van der Waals surface area contributed by atoms with Crippen LogP contribution in [0.1, 0.15) is 12.0 Å². The standard InChI is InChI=1S/C14H18N4/c1-2-4-12(5-3-1)10-18-11-14(9-16-18)17-13-6-7-15-8-13/h1-5,9,11,13,15,17H,6-8,10H2. The number of anilines is 1. The highest BCUT2D eigenvalue weighted by Gasteiger charge is 2.14. The summed E-state index contributed by atoms with van der Waals surface area (Å²) in [6, 6.07) is 10.9. The van der Waals surface area contributed by atoms with Gasteiger partial charge in [-0.2, -0.15) is 5.10 Å². The van der Waals surface area contributed by atoms with Gasteiger partial charge in [0, 0.05) is 18.8 Å². The summed E-state index contributed by atoms with van der Waals surface area (Å²) in [5, 5.41) is 11.2. The Morgan fingerprint density at radius 1 is 1.33 bits per heavy atom. The molecule has 1 unspecified atom stereocenters. The second-order valence-electron chi connectivity index (χ2n) is 4.75. The van der Waals surface area contributed by atoms with Crippen LogP contribution < -0.4 is 10.6 Å². The maximum absolute atomic E-state index is 4.39. The van der Waals surface area contributed by atoms with Crippen LogP contribution in [0.4, 0.5) is 5.69 Å². The maximum Gasteiger partial charge on any atom is 0.0729 e. The highest BCUT2D eigenvalue weighted by atomic mass is 15.3. The predicted molar refractivity (Wildman–Crippen MR) is 72.7 cm³/mol. The minimum atomic E-state index is 0.541. The molecule has 1 saturated heterocycles. The van der Waals surface area contributed by atoms with Gasteiger partial charge >= 0.3 is 0 Å². The van der Waals surface area contributed by atoms with Crippen LogP contribution in [0.25, 0.3) is 0 Å². The molecule has 1 atom stereocenters. The molecule has 18 heavy (non-hydrogen) atoms. The topological polar surface area (TPSA) is 41.9 Å². The molecule has 94 valence electrons. The third-order valence-electron chi connectivity index (χ3n) is 3.25. The van der Waals surface area contributed by atoms with E-state index in [9.17, 15) is 0 Å². The van der Waals surface area contributed by atoms with E-state index in [0.29, 0.717) is 6.04 Å². The lowest BCUT2D eigenvalue weighted by molar-refractivity contribution is 0.686. The number of nitrogens with one attached hydrogen (secondary N) is 2. The van der Waals surface area contributed by atoms with Crippen molar-refractivity contribution in [2.24, 2.45) is 0 Å². The molecule has 3 rings (SSSR count). The third kappa shape index (κ3) is 2.71. The van der Waals surface area contributed by atoms with E-state index in [-0.39, 0.29) is 0 Å². The zero-order chi connectivity index (χ0) is 12.2. The third-order valence-corrected chi connectivity index (χ3v) is 3.25. The normalized spacial score (nSPS) is 19.0. The van der Waals surface area contributed by atoms with Gasteiger partial charge in [0.25, 0.3) is 0 Å². The average molecular weight is 242 g/mol. The molecule has 0 radical (unpaired) electrons. The summed E-state index contributed by atoms with van der Waals surface area (Å²) in [6.07, 6.45) is 5.16. The van der Waals surface area contributed by atoms with Crippen LogP contribution >= 0.6 is 0 Å². The van der Waals surface area contributed by atoms with Crippen LogP contribution in [0, 0.1) is 0 Å². The Morgan fingerprint density at radius 2 is 2.22 bits per heavy atom. The Hall–Kier alpha value is -1.81. The van der Waals surface area contributed by atoms with Gasteiger partial charge in [0.15, 0.2) is 0 Å². The van der Waals surface area contributed by atoms with Gasteiger partial charge in [-0.3, -0.25) is 4.68 Å². The smallest absolute Gasteiger partial charge is 0.0729 e. The fraction of sp³-hybridized carbons (Fsp3) is 0.357. The van der Waals surface area contributed by atoms with Crippen molar-refractivity contribution in [1.29, 1.82) is 0 Å².